The van der Waals surface area contributed by atoms with E-state index < -0.39 is 0 Å². The molecular formula is C4H10Cl4OZr. The summed E-state index contributed by atoms with van der Waals surface area (Å²) in [5.74, 6) is 0. The molecule has 10 heavy (non-hydrogen) atoms. The zero-order valence-electron chi connectivity index (χ0n) is 5.83. The zero-order chi connectivity index (χ0) is 4.12. The van der Waals surface area contributed by atoms with E-state index in [0.29, 0.717) is 0 Å². The van der Waals surface area contributed by atoms with Gasteiger partial charge in [0.2, 0.25) is 0 Å². The second kappa shape index (κ2) is 44.0. The Bertz CT molecular complexity index is 24.7. The maximum Gasteiger partial charge on any atom is 4.00 e. The quantitative estimate of drug-likeness (QED) is 0.492. The van der Waals surface area contributed by atoms with Gasteiger partial charge >= 0.3 is 26.2 Å². The van der Waals surface area contributed by atoms with Gasteiger partial charge < -0.3 is 54.4 Å². The van der Waals surface area contributed by atoms with Crippen molar-refractivity contribution in [2.45, 2.75) is 13.8 Å². The largest absolute Gasteiger partial charge is 4.00 e. The minimum absolute atomic E-state index is 0. The molecule has 1 nitrogen and oxygen atoms in total. The Hall–Kier alpha value is 2.00. The van der Waals surface area contributed by atoms with E-state index in [1.165, 1.54) is 0 Å². The van der Waals surface area contributed by atoms with Gasteiger partial charge in [0.25, 0.3) is 0 Å². The summed E-state index contributed by atoms with van der Waals surface area (Å²) in [4.78, 5) is 0. The first-order chi connectivity index (χ1) is 2.41. The third-order valence-electron chi connectivity index (χ3n) is 0.408. The fourth-order valence-corrected chi connectivity index (χ4v) is 0.204. The number of ether oxygens (including phenoxy) is 1. The molecule has 0 aliphatic carbocycles. The fraction of sp³-hybridized carbons (Fsp3) is 1.00. The van der Waals surface area contributed by atoms with Crippen LogP contribution in [0.2, 0.25) is 0 Å². The first kappa shape index (κ1) is 40.3. The van der Waals surface area contributed by atoms with Gasteiger partial charge in [-0.2, -0.15) is 0 Å². The van der Waals surface area contributed by atoms with E-state index in [9.17, 15) is 0 Å². The summed E-state index contributed by atoms with van der Waals surface area (Å²) in [7, 11) is 0. The molecule has 0 aromatic rings. The van der Waals surface area contributed by atoms with E-state index in [-0.39, 0.29) is 75.8 Å². The molecule has 0 aromatic heterocycles. The van der Waals surface area contributed by atoms with E-state index >= 15 is 0 Å². The zero-order valence-corrected chi connectivity index (χ0v) is 11.3. The molecule has 0 spiro atoms. The molecule has 0 saturated heterocycles. The van der Waals surface area contributed by atoms with Crippen molar-refractivity contribution >= 4 is 0 Å². The van der Waals surface area contributed by atoms with Gasteiger partial charge in [-0.3, -0.25) is 0 Å². The summed E-state index contributed by atoms with van der Waals surface area (Å²) in [5.41, 5.74) is 0. The van der Waals surface area contributed by atoms with Crippen molar-refractivity contribution in [3.05, 3.63) is 0 Å². The van der Waals surface area contributed by atoms with Crippen LogP contribution in [-0.2, 0) is 30.9 Å². The van der Waals surface area contributed by atoms with Crippen molar-refractivity contribution in [1.82, 2.24) is 0 Å². The van der Waals surface area contributed by atoms with Crippen LogP contribution in [0.25, 0.3) is 0 Å². The summed E-state index contributed by atoms with van der Waals surface area (Å²) in [6.07, 6.45) is 0. The van der Waals surface area contributed by atoms with Crippen LogP contribution < -0.4 is 49.6 Å². The molecule has 0 atom stereocenters. The molecule has 0 amide bonds. The summed E-state index contributed by atoms with van der Waals surface area (Å²) in [6.45, 7) is 5.67. The summed E-state index contributed by atoms with van der Waals surface area (Å²) < 4.78 is 4.83. The Balaban J connectivity index is -0.00000000800. The first-order valence-electron chi connectivity index (χ1n) is 1.99. The minimum Gasteiger partial charge on any atom is -1.00 e. The second-order valence-electron chi connectivity index (χ2n) is 0.781. The molecule has 0 aliphatic rings. The van der Waals surface area contributed by atoms with Gasteiger partial charge in [0.15, 0.2) is 0 Å². The number of halogens is 4. The molecule has 0 rings (SSSR count). The fourth-order valence-electron chi connectivity index (χ4n) is 0.204. The molecule has 0 aromatic carbocycles. The smallest absolute Gasteiger partial charge is 1.00 e. The summed E-state index contributed by atoms with van der Waals surface area (Å²) in [6, 6.07) is 0. The van der Waals surface area contributed by atoms with Crippen LogP contribution in [0.15, 0.2) is 0 Å². The number of hydrogen-bond donors (Lipinski definition) is 0. The molecule has 0 heterocycles. The maximum absolute atomic E-state index is 4.83. The van der Waals surface area contributed by atoms with Gasteiger partial charge in [0, 0.05) is 13.2 Å². The number of hydrogen-bond acceptors (Lipinski definition) is 1. The van der Waals surface area contributed by atoms with Crippen molar-refractivity contribution in [2.24, 2.45) is 0 Å². The van der Waals surface area contributed by atoms with Gasteiger partial charge in [0.1, 0.15) is 0 Å². The van der Waals surface area contributed by atoms with Crippen LogP contribution in [0.4, 0.5) is 0 Å². The minimum atomic E-state index is 0. The normalized spacial score (nSPS) is 4.20. The van der Waals surface area contributed by atoms with Crippen LogP contribution in [0.1, 0.15) is 13.8 Å². The molecule has 0 fully saturated rings. The van der Waals surface area contributed by atoms with Crippen molar-refractivity contribution in [2.75, 3.05) is 13.2 Å². The van der Waals surface area contributed by atoms with E-state index in [1.807, 2.05) is 13.8 Å². The second-order valence-corrected chi connectivity index (χ2v) is 0.781. The predicted molar refractivity (Wildman–Crippen MR) is 22.2 cm³/mol. The molecule has 64 valence electrons. The maximum atomic E-state index is 4.83. The molecular weight excluding hydrogens is 297 g/mol. The molecule has 0 aliphatic heterocycles. The third-order valence-corrected chi connectivity index (χ3v) is 0.408. The Kier molecular flexibility index (Phi) is 177. The van der Waals surface area contributed by atoms with Gasteiger partial charge in [-0.15, -0.1) is 0 Å². The topological polar surface area (TPSA) is 9.23 Å². The van der Waals surface area contributed by atoms with Crippen LogP contribution in [0.3, 0.4) is 0 Å². The Morgan fingerprint density at radius 3 is 1.00 bits per heavy atom. The standard InChI is InChI=1S/C4H10O.4ClH.Zr/c1-3-5-4-2;;;;;/h3-4H2,1-2H3;4*1H;/q;;;;;+4/p-4. The van der Waals surface area contributed by atoms with Crippen molar-refractivity contribution in [3.63, 3.8) is 0 Å². The average molecular weight is 307 g/mol. The Morgan fingerprint density at radius 1 is 0.800 bits per heavy atom. The van der Waals surface area contributed by atoms with Gasteiger partial charge in [-0.05, 0) is 13.8 Å². The monoisotopic (exact) mass is 304 g/mol. The molecule has 6 heteroatoms. The molecule has 0 unspecified atom stereocenters. The Morgan fingerprint density at radius 2 is 1.00 bits per heavy atom. The van der Waals surface area contributed by atoms with Crippen molar-refractivity contribution in [3.8, 4) is 0 Å². The predicted octanol–water partition coefficient (Wildman–Crippen LogP) is -10.9. The SMILES string of the molecule is CCOCC.[Cl-].[Cl-].[Cl-].[Cl-].[Zr+4]. The van der Waals surface area contributed by atoms with Gasteiger partial charge in [-0.25, -0.2) is 0 Å². The van der Waals surface area contributed by atoms with Crippen LogP contribution in [-0.4, -0.2) is 13.2 Å². The van der Waals surface area contributed by atoms with Crippen molar-refractivity contribution in [1.29, 1.82) is 0 Å². The van der Waals surface area contributed by atoms with E-state index in [0.717, 1.165) is 13.2 Å². The average Bonchev–Trinajstić information content (AvgIpc) is 1.41. The van der Waals surface area contributed by atoms with Crippen LogP contribution in [0.5, 0.6) is 0 Å². The first-order valence-corrected chi connectivity index (χ1v) is 1.99. The van der Waals surface area contributed by atoms with E-state index in [4.69, 9.17) is 4.74 Å². The van der Waals surface area contributed by atoms with Gasteiger partial charge in [-0.1, -0.05) is 0 Å². The van der Waals surface area contributed by atoms with Gasteiger partial charge in [0.05, 0.1) is 0 Å². The van der Waals surface area contributed by atoms with Crippen molar-refractivity contribution < 1.29 is 80.6 Å². The number of rotatable bonds is 2. The molecule has 0 saturated carbocycles. The summed E-state index contributed by atoms with van der Waals surface area (Å²) >= 11 is 0. The molecule has 0 radical (unpaired) electrons. The molecule has 0 bridgehead atoms. The Labute approximate surface area is 107 Å². The van der Waals surface area contributed by atoms with E-state index in [2.05, 4.69) is 0 Å². The molecule has 0 N–H and O–H groups in total. The van der Waals surface area contributed by atoms with E-state index in [1.54, 1.807) is 0 Å². The van der Waals surface area contributed by atoms with Crippen LogP contribution >= 0.6 is 0 Å². The summed E-state index contributed by atoms with van der Waals surface area (Å²) in [5, 5.41) is 0. The third kappa shape index (κ3) is 50.6. The van der Waals surface area contributed by atoms with Crippen LogP contribution in [0, 0.1) is 0 Å².